The second-order valence-corrected chi connectivity index (χ2v) is 4.87. The molecule has 70 valence electrons. The van der Waals surface area contributed by atoms with Crippen LogP contribution in [0.1, 0.15) is 5.56 Å². The van der Waals surface area contributed by atoms with Gasteiger partial charge in [-0.2, -0.15) is 0 Å². The van der Waals surface area contributed by atoms with Gasteiger partial charge in [-0.15, -0.1) is 11.8 Å². The molecule has 1 unspecified atom stereocenters. The molecule has 0 saturated heterocycles. The second-order valence-electron chi connectivity index (χ2n) is 3.37. The molecule has 0 amide bonds. The minimum Gasteiger partial charge on any atom is -0.330 e. The summed E-state index contributed by atoms with van der Waals surface area (Å²) >= 11 is 7.82. The summed E-state index contributed by atoms with van der Waals surface area (Å²) in [4.78, 5) is 1.37. The van der Waals surface area contributed by atoms with Crippen molar-refractivity contribution >= 4 is 23.4 Å². The Balaban J connectivity index is 2.27. The molecule has 1 aliphatic heterocycles. The summed E-state index contributed by atoms with van der Waals surface area (Å²) in [6.45, 7) is 0.777. The normalized spacial score (nSPS) is 21.2. The topological polar surface area (TPSA) is 26.0 Å². The number of benzene rings is 1. The van der Waals surface area contributed by atoms with Crippen molar-refractivity contribution in [2.45, 2.75) is 11.3 Å². The van der Waals surface area contributed by atoms with Crippen molar-refractivity contribution in [1.29, 1.82) is 0 Å². The Morgan fingerprint density at radius 2 is 2.38 bits per heavy atom. The quantitative estimate of drug-likeness (QED) is 0.776. The standard InChI is InChI=1S/C10H12ClNS/c11-9-1-2-10-8(4-9)3-7(5-12)6-13-10/h1-2,4,7H,3,5-6,12H2. The van der Waals surface area contributed by atoms with E-state index in [0.29, 0.717) is 5.92 Å². The Morgan fingerprint density at radius 3 is 3.15 bits per heavy atom. The second kappa shape index (κ2) is 3.91. The van der Waals surface area contributed by atoms with Crippen molar-refractivity contribution in [3.63, 3.8) is 0 Å². The van der Waals surface area contributed by atoms with E-state index in [-0.39, 0.29) is 0 Å². The van der Waals surface area contributed by atoms with E-state index >= 15 is 0 Å². The smallest absolute Gasteiger partial charge is 0.0409 e. The number of hydrogen-bond acceptors (Lipinski definition) is 2. The number of rotatable bonds is 1. The van der Waals surface area contributed by atoms with Gasteiger partial charge in [0.1, 0.15) is 0 Å². The summed E-state index contributed by atoms with van der Waals surface area (Å²) < 4.78 is 0. The molecular formula is C10H12ClNS. The Bertz CT molecular complexity index is 314. The van der Waals surface area contributed by atoms with E-state index in [4.69, 9.17) is 17.3 Å². The van der Waals surface area contributed by atoms with Crippen molar-refractivity contribution < 1.29 is 0 Å². The number of fused-ring (bicyclic) bond motifs is 1. The number of thioether (sulfide) groups is 1. The lowest BCUT2D eigenvalue weighted by atomic mass is 10.0. The van der Waals surface area contributed by atoms with Crippen LogP contribution in [0.2, 0.25) is 5.02 Å². The van der Waals surface area contributed by atoms with Crippen LogP contribution in [0.15, 0.2) is 23.1 Å². The van der Waals surface area contributed by atoms with Gasteiger partial charge in [0.25, 0.3) is 0 Å². The molecule has 1 aliphatic rings. The van der Waals surface area contributed by atoms with Crippen LogP contribution in [0.5, 0.6) is 0 Å². The summed E-state index contributed by atoms with van der Waals surface area (Å²) in [6, 6.07) is 6.12. The van der Waals surface area contributed by atoms with Crippen molar-refractivity contribution in [2.75, 3.05) is 12.3 Å². The van der Waals surface area contributed by atoms with Gasteiger partial charge in [0, 0.05) is 15.7 Å². The Hall–Kier alpha value is -0.180. The fraction of sp³-hybridized carbons (Fsp3) is 0.400. The summed E-state index contributed by atoms with van der Waals surface area (Å²) in [5, 5.41) is 0.831. The van der Waals surface area contributed by atoms with E-state index in [0.717, 1.165) is 23.7 Å². The van der Waals surface area contributed by atoms with Gasteiger partial charge in [-0.1, -0.05) is 11.6 Å². The average molecular weight is 214 g/mol. The van der Waals surface area contributed by atoms with Crippen molar-refractivity contribution in [2.24, 2.45) is 11.7 Å². The lowest BCUT2D eigenvalue weighted by Gasteiger charge is -2.22. The highest BCUT2D eigenvalue weighted by Crippen LogP contribution is 2.33. The molecule has 1 nitrogen and oxygen atoms in total. The van der Waals surface area contributed by atoms with E-state index in [9.17, 15) is 0 Å². The Kier molecular flexibility index (Phi) is 2.82. The first-order chi connectivity index (χ1) is 6.29. The van der Waals surface area contributed by atoms with Crippen molar-refractivity contribution in [3.8, 4) is 0 Å². The van der Waals surface area contributed by atoms with Crippen molar-refractivity contribution in [3.05, 3.63) is 28.8 Å². The zero-order chi connectivity index (χ0) is 9.26. The molecule has 2 N–H and O–H groups in total. The fourth-order valence-corrected chi connectivity index (χ4v) is 2.93. The lowest BCUT2D eigenvalue weighted by molar-refractivity contribution is 0.589. The van der Waals surface area contributed by atoms with Crippen LogP contribution >= 0.6 is 23.4 Å². The van der Waals surface area contributed by atoms with Crippen LogP contribution in [0.25, 0.3) is 0 Å². The van der Waals surface area contributed by atoms with Gasteiger partial charge >= 0.3 is 0 Å². The molecule has 0 bridgehead atoms. The number of hydrogen-bond donors (Lipinski definition) is 1. The van der Waals surface area contributed by atoms with Gasteiger partial charge < -0.3 is 5.73 Å². The van der Waals surface area contributed by atoms with Crippen LogP contribution in [-0.2, 0) is 6.42 Å². The minimum atomic E-state index is 0.621. The first kappa shape index (κ1) is 9.38. The predicted molar refractivity (Wildman–Crippen MR) is 58.4 cm³/mol. The molecular weight excluding hydrogens is 202 g/mol. The van der Waals surface area contributed by atoms with E-state index in [1.54, 1.807) is 0 Å². The average Bonchev–Trinajstić information content (AvgIpc) is 2.16. The maximum Gasteiger partial charge on any atom is 0.0409 e. The summed E-state index contributed by atoms with van der Waals surface area (Å²) in [5.74, 6) is 1.77. The van der Waals surface area contributed by atoms with Gasteiger partial charge in [0.15, 0.2) is 0 Å². The van der Waals surface area contributed by atoms with Crippen LogP contribution < -0.4 is 5.73 Å². The molecule has 13 heavy (non-hydrogen) atoms. The largest absolute Gasteiger partial charge is 0.330 e. The van der Waals surface area contributed by atoms with Gasteiger partial charge in [-0.3, -0.25) is 0 Å². The van der Waals surface area contributed by atoms with Crippen LogP contribution in [-0.4, -0.2) is 12.3 Å². The number of nitrogens with two attached hydrogens (primary N) is 1. The highest BCUT2D eigenvalue weighted by molar-refractivity contribution is 7.99. The highest BCUT2D eigenvalue weighted by atomic mass is 35.5. The molecule has 3 heteroatoms. The van der Waals surface area contributed by atoms with Gasteiger partial charge in [-0.05, 0) is 42.6 Å². The molecule has 0 aromatic heterocycles. The molecule has 0 saturated carbocycles. The maximum atomic E-state index is 5.93. The lowest BCUT2D eigenvalue weighted by Crippen LogP contribution is -2.22. The SMILES string of the molecule is NCC1CSc2ccc(Cl)cc2C1. The molecule has 2 rings (SSSR count). The molecule has 1 aromatic rings. The van der Waals surface area contributed by atoms with E-state index in [1.807, 2.05) is 17.8 Å². The summed E-state index contributed by atoms with van der Waals surface area (Å²) in [6.07, 6.45) is 1.08. The molecule has 1 heterocycles. The molecule has 0 fully saturated rings. The van der Waals surface area contributed by atoms with E-state index in [2.05, 4.69) is 12.1 Å². The maximum absolute atomic E-state index is 5.93. The third-order valence-electron chi connectivity index (χ3n) is 2.34. The minimum absolute atomic E-state index is 0.621. The van der Waals surface area contributed by atoms with Gasteiger partial charge in [0.05, 0.1) is 0 Å². The zero-order valence-corrected chi connectivity index (χ0v) is 8.87. The molecule has 0 aliphatic carbocycles. The van der Waals surface area contributed by atoms with Crippen LogP contribution in [0.4, 0.5) is 0 Å². The van der Waals surface area contributed by atoms with E-state index in [1.165, 1.54) is 10.5 Å². The first-order valence-corrected chi connectivity index (χ1v) is 5.77. The monoisotopic (exact) mass is 213 g/mol. The highest BCUT2D eigenvalue weighted by Gasteiger charge is 2.17. The van der Waals surface area contributed by atoms with Gasteiger partial charge in [-0.25, -0.2) is 0 Å². The summed E-state index contributed by atoms with van der Waals surface area (Å²) in [7, 11) is 0. The zero-order valence-electron chi connectivity index (χ0n) is 7.29. The third-order valence-corrected chi connectivity index (χ3v) is 3.92. The summed E-state index contributed by atoms with van der Waals surface area (Å²) in [5.41, 5.74) is 7.01. The Morgan fingerprint density at radius 1 is 1.54 bits per heavy atom. The molecule has 1 atom stereocenters. The predicted octanol–water partition coefficient (Wildman–Crippen LogP) is 2.56. The Labute approximate surface area is 87.7 Å². The van der Waals surface area contributed by atoms with Gasteiger partial charge in [0.2, 0.25) is 0 Å². The van der Waals surface area contributed by atoms with Crippen LogP contribution in [0, 0.1) is 5.92 Å². The van der Waals surface area contributed by atoms with Crippen molar-refractivity contribution in [1.82, 2.24) is 0 Å². The molecule has 1 aromatic carbocycles. The third kappa shape index (κ3) is 2.01. The fourth-order valence-electron chi connectivity index (χ4n) is 1.58. The van der Waals surface area contributed by atoms with Crippen LogP contribution in [0.3, 0.4) is 0 Å². The van der Waals surface area contributed by atoms with E-state index < -0.39 is 0 Å². The molecule has 0 radical (unpaired) electrons. The number of halogens is 1. The first-order valence-electron chi connectivity index (χ1n) is 4.41. The molecule has 0 spiro atoms.